The van der Waals surface area contributed by atoms with Crippen molar-refractivity contribution in [2.45, 2.75) is 39.0 Å². The summed E-state index contributed by atoms with van der Waals surface area (Å²) in [6.07, 6.45) is 6.57. The van der Waals surface area contributed by atoms with Crippen molar-refractivity contribution in [3.8, 4) is 33.6 Å². The molecule has 3 nitrogen and oxygen atoms in total. The average molecular weight is 696 g/mol. The average Bonchev–Trinajstić information content (AvgIpc) is 3.71. The van der Waals surface area contributed by atoms with E-state index in [0.29, 0.717) is 0 Å². The second-order valence-corrected chi connectivity index (χ2v) is 15.3. The monoisotopic (exact) mass is 695 g/mol. The molecule has 8 aromatic rings. The quantitative estimate of drug-likeness (QED) is 0.173. The molecule has 0 radical (unpaired) electrons. The second-order valence-electron chi connectivity index (χ2n) is 15.3. The molecule has 10 rings (SSSR count). The number of aromatic nitrogens is 2. The Bertz CT molecular complexity index is 2800. The van der Waals surface area contributed by atoms with Crippen LogP contribution in [0.5, 0.6) is 0 Å². The van der Waals surface area contributed by atoms with Crippen LogP contribution in [0.15, 0.2) is 175 Å². The second kappa shape index (κ2) is 12.6. The smallest absolute Gasteiger partial charge is 0.145 e. The van der Waals surface area contributed by atoms with E-state index in [1.807, 2.05) is 0 Å². The third kappa shape index (κ3) is 5.15. The molecule has 0 saturated carbocycles. The van der Waals surface area contributed by atoms with Gasteiger partial charge in [-0.25, -0.2) is 4.98 Å². The highest BCUT2D eigenvalue weighted by atomic mass is 15.1. The van der Waals surface area contributed by atoms with E-state index in [-0.39, 0.29) is 5.41 Å². The minimum absolute atomic E-state index is 0.114. The molecule has 0 unspecified atom stereocenters. The molecule has 260 valence electrons. The minimum Gasteiger partial charge on any atom is -0.310 e. The summed E-state index contributed by atoms with van der Waals surface area (Å²) in [5.74, 6) is 0.975. The largest absolute Gasteiger partial charge is 0.310 e. The van der Waals surface area contributed by atoms with E-state index < -0.39 is 0 Å². The third-order valence-electron chi connectivity index (χ3n) is 11.6. The van der Waals surface area contributed by atoms with Gasteiger partial charge in [0.25, 0.3) is 0 Å². The molecular weight excluding hydrogens is 655 g/mol. The van der Waals surface area contributed by atoms with Crippen molar-refractivity contribution in [2.24, 2.45) is 0 Å². The summed E-state index contributed by atoms with van der Waals surface area (Å²) in [6.45, 7) is 6.93. The third-order valence-corrected chi connectivity index (χ3v) is 11.6. The number of rotatable bonds is 6. The zero-order valence-electron chi connectivity index (χ0n) is 30.9. The number of hydrogen-bond donors (Lipinski definition) is 0. The van der Waals surface area contributed by atoms with Gasteiger partial charge in [0.2, 0.25) is 0 Å². The molecule has 1 heterocycles. The number of nitrogens with zero attached hydrogens (tertiary/aromatic N) is 3. The zero-order chi connectivity index (χ0) is 36.4. The molecule has 2 aliphatic carbocycles. The van der Waals surface area contributed by atoms with Crippen molar-refractivity contribution in [3.63, 3.8) is 0 Å². The molecule has 1 aromatic heterocycles. The van der Waals surface area contributed by atoms with Gasteiger partial charge in [0.05, 0.1) is 16.7 Å². The molecular formula is C51H41N3. The maximum Gasteiger partial charge on any atom is 0.145 e. The fourth-order valence-corrected chi connectivity index (χ4v) is 8.79. The number of allylic oxidation sites excluding steroid dienone is 4. The molecule has 7 aromatic carbocycles. The van der Waals surface area contributed by atoms with Crippen molar-refractivity contribution in [3.05, 3.63) is 187 Å². The number of imidazole rings is 1. The van der Waals surface area contributed by atoms with Crippen LogP contribution in [0.1, 0.15) is 44.7 Å². The van der Waals surface area contributed by atoms with E-state index in [1.54, 1.807) is 0 Å². The van der Waals surface area contributed by atoms with E-state index >= 15 is 0 Å². The molecule has 0 N–H and O–H groups in total. The minimum atomic E-state index is -0.114. The highest BCUT2D eigenvalue weighted by Gasteiger charge is 2.36. The summed E-state index contributed by atoms with van der Waals surface area (Å²) in [6, 6.07) is 57.6. The van der Waals surface area contributed by atoms with Gasteiger partial charge >= 0.3 is 0 Å². The maximum absolute atomic E-state index is 5.21. The lowest BCUT2D eigenvalue weighted by Crippen LogP contribution is -2.16. The Morgan fingerprint density at radius 3 is 2.06 bits per heavy atom. The van der Waals surface area contributed by atoms with Gasteiger partial charge in [-0.2, -0.15) is 0 Å². The fraction of sp³-hybridized carbons (Fsp3) is 0.118. The summed E-state index contributed by atoms with van der Waals surface area (Å²) >= 11 is 0. The molecule has 54 heavy (non-hydrogen) atoms. The topological polar surface area (TPSA) is 21.1 Å². The first-order chi connectivity index (χ1) is 26.5. The van der Waals surface area contributed by atoms with Crippen LogP contribution in [0.4, 0.5) is 17.1 Å². The standard InChI is InChI=1S/C51H41N3/c1-34-21-25-38(26-22-34)54-49-20-12-11-19-47(49)52-50(54)36-23-27-37(28-24-36)53(39-29-30-43-42-16-9-10-18-45(42)51(2,3)46(43)33-39)48-32-31-40(35-13-5-4-6-14-35)41-15-7-8-17-44(41)48/h4-21,23-25,27-33H,22,26H2,1-3H3. The predicted octanol–water partition coefficient (Wildman–Crippen LogP) is 13.9. The van der Waals surface area contributed by atoms with Crippen LogP contribution in [0.3, 0.4) is 0 Å². The van der Waals surface area contributed by atoms with Gasteiger partial charge in [0.1, 0.15) is 5.82 Å². The van der Waals surface area contributed by atoms with E-state index in [4.69, 9.17) is 4.98 Å². The Morgan fingerprint density at radius 1 is 0.556 bits per heavy atom. The highest BCUT2D eigenvalue weighted by molar-refractivity contribution is 6.06. The lowest BCUT2D eigenvalue weighted by atomic mass is 9.82. The molecule has 0 fully saturated rings. The number of anilines is 3. The maximum atomic E-state index is 5.21. The van der Waals surface area contributed by atoms with Gasteiger partial charge < -0.3 is 4.90 Å². The van der Waals surface area contributed by atoms with Crippen LogP contribution in [0, 0.1) is 0 Å². The molecule has 0 spiro atoms. The number of benzene rings is 7. The Labute approximate surface area is 317 Å². The van der Waals surface area contributed by atoms with Gasteiger partial charge in [-0.1, -0.05) is 129 Å². The Balaban J connectivity index is 1.15. The lowest BCUT2D eigenvalue weighted by molar-refractivity contribution is 0.660. The summed E-state index contributed by atoms with van der Waals surface area (Å²) in [5, 5.41) is 2.44. The molecule has 0 atom stereocenters. The summed E-state index contributed by atoms with van der Waals surface area (Å²) in [5.41, 5.74) is 17.1. The van der Waals surface area contributed by atoms with Gasteiger partial charge in [0, 0.05) is 33.4 Å². The lowest BCUT2D eigenvalue weighted by Gasteiger charge is -2.29. The molecule has 3 heteroatoms. The SMILES string of the molecule is CC1=CC=C(n2c(-c3ccc(N(c4ccc5c(c4)C(C)(C)c4ccccc4-5)c4ccc(-c5ccccc5)c5ccccc45)cc3)nc3ccccc32)CC1. The van der Waals surface area contributed by atoms with Gasteiger partial charge in [-0.05, 0) is 119 Å². The molecule has 0 saturated heterocycles. The van der Waals surface area contributed by atoms with Crippen molar-refractivity contribution < 1.29 is 0 Å². The predicted molar refractivity (Wildman–Crippen MR) is 228 cm³/mol. The van der Waals surface area contributed by atoms with Crippen LogP contribution < -0.4 is 4.90 Å². The van der Waals surface area contributed by atoms with Crippen molar-refractivity contribution in [1.29, 1.82) is 0 Å². The molecule has 0 aliphatic heterocycles. The van der Waals surface area contributed by atoms with Crippen LogP contribution in [0.2, 0.25) is 0 Å². The summed E-state index contributed by atoms with van der Waals surface area (Å²) < 4.78 is 2.36. The number of para-hydroxylation sites is 2. The van der Waals surface area contributed by atoms with Gasteiger partial charge in [-0.3, -0.25) is 4.57 Å². The van der Waals surface area contributed by atoms with Crippen LogP contribution in [0.25, 0.3) is 61.1 Å². The van der Waals surface area contributed by atoms with Crippen molar-refractivity contribution in [1.82, 2.24) is 9.55 Å². The van der Waals surface area contributed by atoms with Gasteiger partial charge in [-0.15, -0.1) is 0 Å². The van der Waals surface area contributed by atoms with E-state index in [1.165, 1.54) is 55.4 Å². The van der Waals surface area contributed by atoms with Gasteiger partial charge in [0.15, 0.2) is 0 Å². The Kier molecular flexibility index (Phi) is 7.52. The first-order valence-corrected chi connectivity index (χ1v) is 19.0. The first kappa shape index (κ1) is 32.2. The number of hydrogen-bond acceptors (Lipinski definition) is 2. The zero-order valence-corrected chi connectivity index (χ0v) is 30.9. The van der Waals surface area contributed by atoms with Crippen molar-refractivity contribution >= 4 is 44.6 Å². The van der Waals surface area contributed by atoms with Crippen LogP contribution in [-0.4, -0.2) is 9.55 Å². The van der Waals surface area contributed by atoms with E-state index in [9.17, 15) is 0 Å². The first-order valence-electron chi connectivity index (χ1n) is 19.0. The Morgan fingerprint density at radius 2 is 1.24 bits per heavy atom. The molecule has 0 bridgehead atoms. The van der Waals surface area contributed by atoms with Crippen LogP contribution >= 0.6 is 0 Å². The summed E-state index contributed by atoms with van der Waals surface area (Å²) in [7, 11) is 0. The molecule has 2 aliphatic rings. The molecule has 0 amide bonds. The van der Waals surface area contributed by atoms with E-state index in [0.717, 1.165) is 52.3 Å². The normalized spacial score (nSPS) is 14.4. The number of fused-ring (bicyclic) bond motifs is 5. The summed E-state index contributed by atoms with van der Waals surface area (Å²) in [4.78, 5) is 7.66. The fourth-order valence-electron chi connectivity index (χ4n) is 8.79. The van der Waals surface area contributed by atoms with Crippen LogP contribution in [-0.2, 0) is 5.41 Å². The Hall–Kier alpha value is -6.45. The van der Waals surface area contributed by atoms with E-state index in [2.05, 4.69) is 200 Å². The highest BCUT2D eigenvalue weighted by Crippen LogP contribution is 2.51. The van der Waals surface area contributed by atoms with Crippen molar-refractivity contribution in [2.75, 3.05) is 4.90 Å².